The number of pyridine rings is 3. The van der Waals surface area contributed by atoms with Gasteiger partial charge >= 0.3 is 6.75 Å². The predicted molar refractivity (Wildman–Crippen MR) is 144 cm³/mol. The van der Waals surface area contributed by atoms with Gasteiger partial charge in [-0.3, -0.25) is 15.0 Å². The van der Waals surface area contributed by atoms with E-state index < -0.39 is 6.75 Å². The summed E-state index contributed by atoms with van der Waals surface area (Å²) in [5.74, 6) is 0. The van der Waals surface area contributed by atoms with E-state index in [1.165, 1.54) is 0 Å². The molecule has 1 atom stereocenters. The van der Waals surface area contributed by atoms with Gasteiger partial charge in [0.15, 0.2) is 11.4 Å². The molecule has 0 amide bonds. The maximum Gasteiger partial charge on any atom is 0.630 e. The second-order valence-electron chi connectivity index (χ2n) is 9.95. The highest BCUT2D eigenvalue weighted by Gasteiger charge is 2.57. The zero-order chi connectivity index (χ0) is 25.0. The summed E-state index contributed by atoms with van der Waals surface area (Å²) in [4.78, 5) is 12.8. The average molecular weight is 490 g/mol. The van der Waals surface area contributed by atoms with Crippen LogP contribution in [0, 0.1) is 0 Å². The molecule has 8 heteroatoms. The van der Waals surface area contributed by atoms with Crippen LogP contribution in [0.2, 0.25) is 0 Å². The van der Waals surface area contributed by atoms with Gasteiger partial charge < -0.3 is 18.5 Å². The van der Waals surface area contributed by atoms with Crippen LogP contribution in [0.4, 0.5) is 0 Å². The third-order valence-corrected chi connectivity index (χ3v) is 8.24. The molecule has 0 spiro atoms. The molecule has 0 radical (unpaired) electrons. The van der Waals surface area contributed by atoms with E-state index in [9.17, 15) is 5.02 Å². The summed E-state index contributed by atoms with van der Waals surface area (Å²) in [5, 5.41) is 15.0. The summed E-state index contributed by atoms with van der Waals surface area (Å²) < 4.78 is 6.42. The van der Waals surface area contributed by atoms with Gasteiger partial charge in [0.1, 0.15) is 0 Å². The van der Waals surface area contributed by atoms with E-state index in [4.69, 9.17) is 0 Å². The Labute approximate surface area is 217 Å². The van der Waals surface area contributed by atoms with E-state index in [2.05, 4.69) is 64.8 Å². The van der Waals surface area contributed by atoms with Gasteiger partial charge in [-0.1, -0.05) is 0 Å². The maximum atomic E-state index is 13.0. The van der Waals surface area contributed by atoms with Gasteiger partial charge in [0.25, 0.3) is 0 Å². The Morgan fingerprint density at radius 3 is 1.66 bits per heavy atom. The minimum Gasteiger partial charge on any atom is -0.505 e. The number of allylic oxidation sites excluding steroid dienone is 2. The van der Waals surface area contributed by atoms with Gasteiger partial charge in [-0.15, -0.1) is 0 Å². The number of hydrogen-bond acceptors (Lipinski definition) is 4. The lowest BCUT2D eigenvalue weighted by Crippen LogP contribution is -2.72. The normalized spacial score (nSPS) is 19.9. The molecule has 9 rings (SSSR count). The second kappa shape index (κ2) is 6.82. The summed E-state index contributed by atoms with van der Waals surface area (Å²) in [7, 11) is 0. The summed E-state index contributed by atoms with van der Waals surface area (Å²) >= 11 is 0. The minimum absolute atomic E-state index is 0.982. The number of rotatable bonds is 3. The van der Waals surface area contributed by atoms with Crippen LogP contribution >= 0.6 is 0 Å². The maximum absolute atomic E-state index is 13.0. The molecule has 1 unspecified atom stereocenters. The first-order valence-electron chi connectivity index (χ1n) is 12.6. The zero-order valence-electron chi connectivity index (χ0n) is 20.1. The Bertz CT molecular complexity index is 2070. The van der Waals surface area contributed by atoms with Crippen molar-refractivity contribution in [3.8, 4) is 0 Å². The fourth-order valence-corrected chi connectivity index (χ4v) is 6.87. The topological polar surface area (TPSA) is 71.8 Å². The number of hydrogen-bond donors (Lipinski definition) is 1. The summed E-state index contributed by atoms with van der Waals surface area (Å²) in [6, 6.07) is 20.7. The monoisotopic (exact) mass is 490 g/mol. The van der Waals surface area contributed by atoms with E-state index in [0.29, 0.717) is 0 Å². The Balaban J connectivity index is 1.53. The van der Waals surface area contributed by atoms with Crippen molar-refractivity contribution in [3.05, 3.63) is 154 Å². The average Bonchev–Trinajstić information content (AvgIpc) is 3.71. The van der Waals surface area contributed by atoms with Crippen LogP contribution in [0.5, 0.6) is 0 Å². The number of aromatic nitrogens is 5. The molecule has 1 N–H and O–H groups in total. The molecule has 5 aromatic heterocycles. The van der Waals surface area contributed by atoms with Crippen molar-refractivity contribution in [2.24, 2.45) is 0 Å². The summed E-state index contributed by atoms with van der Waals surface area (Å²) in [5.41, 5.74) is 10.3. The van der Waals surface area contributed by atoms with Crippen molar-refractivity contribution in [2.45, 2.75) is 0 Å². The van der Waals surface area contributed by atoms with Crippen molar-refractivity contribution >= 4 is 29.2 Å². The molecule has 0 fully saturated rings. The summed E-state index contributed by atoms with van der Waals surface area (Å²) in [6.45, 7) is -2.41. The fourth-order valence-electron chi connectivity index (χ4n) is 6.87. The highest BCUT2D eigenvalue weighted by atomic mass is 16.3. The largest absolute Gasteiger partial charge is 0.630 e. The van der Waals surface area contributed by atoms with Crippen LogP contribution in [0.3, 0.4) is 0 Å². The molecule has 0 aliphatic carbocycles. The predicted octanol–water partition coefficient (Wildman–Crippen LogP) is 1.87. The van der Waals surface area contributed by atoms with Gasteiger partial charge in [0.05, 0.1) is 11.1 Å². The molecular formula is C30H19BN6O. The molecule has 0 saturated carbocycles. The second-order valence-corrected chi connectivity index (χ2v) is 9.95. The van der Waals surface area contributed by atoms with Crippen molar-refractivity contribution in [3.63, 3.8) is 0 Å². The SMILES string of the molecule is O[B-]12n3c4ccc3C(c3ccncc3)=c3ccc(n31)=C(c1ccncc1)C1=[N+]2C(=C4c2ccncc2)C=C1. The van der Waals surface area contributed by atoms with Crippen LogP contribution in [0.25, 0.3) is 16.7 Å². The molecule has 0 saturated heterocycles. The molecule has 0 aromatic carbocycles. The third kappa shape index (κ3) is 2.21. The van der Waals surface area contributed by atoms with Crippen LogP contribution < -0.4 is 10.7 Å². The van der Waals surface area contributed by atoms with Gasteiger partial charge in [0, 0.05) is 77.0 Å². The molecule has 38 heavy (non-hydrogen) atoms. The first kappa shape index (κ1) is 20.0. The molecule has 178 valence electrons. The quantitative estimate of drug-likeness (QED) is 0.392. The smallest absolute Gasteiger partial charge is 0.505 e. The van der Waals surface area contributed by atoms with E-state index in [-0.39, 0.29) is 0 Å². The van der Waals surface area contributed by atoms with Crippen molar-refractivity contribution < 1.29 is 9.51 Å². The van der Waals surface area contributed by atoms with E-state index in [1.54, 1.807) is 0 Å². The van der Waals surface area contributed by atoms with Gasteiger partial charge in [-0.2, -0.15) is 0 Å². The standard InChI is InChI=1S/C30H19BN6O/c38-31-35-22-1-2-23(35)29(20-9-15-33-16-10-20)25-5-6-27(37(25)31)30(21-11-17-34-18-12-21)26-4-3-24(36(26)31)28(22)19-7-13-32-14-8-19/h1-18,38H. The Morgan fingerprint density at radius 1 is 0.553 bits per heavy atom. The molecule has 7 nitrogen and oxygen atoms in total. The first-order valence-corrected chi connectivity index (χ1v) is 12.6. The fraction of sp³-hybridized carbons (Fsp3) is 0. The third-order valence-electron chi connectivity index (χ3n) is 8.24. The molecule has 9 heterocycles. The first-order chi connectivity index (χ1) is 18.8. The highest BCUT2D eigenvalue weighted by Crippen LogP contribution is 2.43. The number of nitrogens with zero attached hydrogens (tertiary/aromatic N) is 6. The van der Waals surface area contributed by atoms with Crippen molar-refractivity contribution in [1.82, 2.24) is 23.9 Å². The van der Waals surface area contributed by atoms with E-state index >= 15 is 0 Å². The summed E-state index contributed by atoms with van der Waals surface area (Å²) in [6.07, 6.45) is 15.2. The molecule has 0 bridgehead atoms. The van der Waals surface area contributed by atoms with Crippen LogP contribution in [0.1, 0.15) is 28.1 Å². The van der Waals surface area contributed by atoms with Crippen LogP contribution in [0.15, 0.2) is 116 Å². The lowest BCUT2D eigenvalue weighted by Gasteiger charge is -2.45. The minimum atomic E-state index is -2.41. The van der Waals surface area contributed by atoms with Crippen molar-refractivity contribution in [2.75, 3.05) is 0 Å². The Morgan fingerprint density at radius 2 is 1.05 bits per heavy atom. The van der Waals surface area contributed by atoms with Crippen LogP contribution in [-0.4, -0.2) is 45.9 Å². The molecular weight excluding hydrogens is 471 g/mol. The van der Waals surface area contributed by atoms with E-state index in [0.717, 1.165) is 66.9 Å². The van der Waals surface area contributed by atoms with Gasteiger partial charge in [0.2, 0.25) is 0 Å². The molecule has 4 aliphatic rings. The Kier molecular flexibility index (Phi) is 3.59. The lowest BCUT2D eigenvalue weighted by molar-refractivity contribution is -0.359. The van der Waals surface area contributed by atoms with Crippen molar-refractivity contribution in [1.29, 1.82) is 0 Å². The molecule has 4 aliphatic heterocycles. The highest BCUT2D eigenvalue weighted by molar-refractivity contribution is 6.65. The molecule has 5 aromatic rings. The van der Waals surface area contributed by atoms with E-state index in [1.807, 2.05) is 73.6 Å². The van der Waals surface area contributed by atoms with Crippen LogP contribution in [-0.2, 0) is 0 Å². The lowest BCUT2D eigenvalue weighted by atomic mass is 9.70. The zero-order valence-corrected chi connectivity index (χ0v) is 20.1. The van der Waals surface area contributed by atoms with Gasteiger partial charge in [-0.25, -0.2) is 0 Å². The Hall–Kier alpha value is -5.08. The van der Waals surface area contributed by atoms with Gasteiger partial charge in [-0.05, 0) is 77.4 Å².